The van der Waals surface area contributed by atoms with Gasteiger partial charge in [0, 0.05) is 17.8 Å². The first kappa shape index (κ1) is 19.6. The normalized spacial score (nSPS) is 10.4. The summed E-state index contributed by atoms with van der Waals surface area (Å²) >= 11 is 1.38. The summed E-state index contributed by atoms with van der Waals surface area (Å²) in [7, 11) is 1.64. The van der Waals surface area contributed by atoms with Gasteiger partial charge in [-0.1, -0.05) is 23.8 Å². The zero-order chi connectivity index (χ0) is 19.9. The summed E-state index contributed by atoms with van der Waals surface area (Å²) in [6.45, 7) is 2.54. The number of carbonyl (C=O) groups is 2. The maximum Gasteiger partial charge on any atom is 0.265 e. The maximum atomic E-state index is 12.3. The van der Waals surface area contributed by atoms with E-state index >= 15 is 0 Å². The van der Waals surface area contributed by atoms with E-state index in [-0.39, 0.29) is 11.8 Å². The molecule has 0 saturated heterocycles. The molecule has 144 valence electrons. The van der Waals surface area contributed by atoms with Crippen LogP contribution in [0.4, 0.5) is 5.69 Å². The van der Waals surface area contributed by atoms with Gasteiger partial charge in [0.05, 0.1) is 12.0 Å². The maximum absolute atomic E-state index is 12.3. The zero-order valence-corrected chi connectivity index (χ0v) is 16.6. The van der Waals surface area contributed by atoms with Crippen molar-refractivity contribution in [3.05, 3.63) is 81.5 Å². The highest BCUT2D eigenvalue weighted by molar-refractivity contribution is 7.12. The molecule has 1 heterocycles. The lowest BCUT2D eigenvalue weighted by Gasteiger charge is -2.11. The topological polar surface area (TPSA) is 67.4 Å². The molecule has 0 fully saturated rings. The lowest BCUT2D eigenvalue weighted by atomic mass is 10.1. The van der Waals surface area contributed by atoms with E-state index in [1.807, 2.05) is 30.5 Å². The van der Waals surface area contributed by atoms with Crippen molar-refractivity contribution in [3.8, 4) is 5.75 Å². The standard InChI is InChI=1S/C22H22N2O3S/c1-15-5-10-19(27-2)17(14-15)11-12-23-21(25)16-6-8-18(9-7-16)24-22(26)20-4-3-13-28-20/h3-10,13-14H,11-12H2,1-2H3,(H,23,25)(H,24,26). The van der Waals surface area contributed by atoms with Gasteiger partial charge in [-0.2, -0.15) is 0 Å². The predicted octanol–water partition coefficient (Wildman–Crippen LogP) is 4.29. The van der Waals surface area contributed by atoms with E-state index in [1.54, 1.807) is 37.4 Å². The Labute approximate surface area is 168 Å². The van der Waals surface area contributed by atoms with Gasteiger partial charge < -0.3 is 15.4 Å². The molecule has 1 aromatic heterocycles. The molecule has 0 aliphatic heterocycles. The molecule has 3 rings (SSSR count). The Balaban J connectivity index is 1.53. The lowest BCUT2D eigenvalue weighted by Crippen LogP contribution is -2.25. The number of benzene rings is 2. The van der Waals surface area contributed by atoms with E-state index in [0.29, 0.717) is 29.1 Å². The summed E-state index contributed by atoms with van der Waals surface area (Å²) in [4.78, 5) is 25.1. The average molecular weight is 394 g/mol. The second-order valence-electron chi connectivity index (χ2n) is 6.33. The number of carbonyl (C=O) groups excluding carboxylic acids is 2. The molecule has 2 aromatic carbocycles. The van der Waals surface area contributed by atoms with Crippen LogP contribution >= 0.6 is 11.3 Å². The second kappa shape index (κ2) is 9.19. The fraction of sp³-hybridized carbons (Fsp3) is 0.182. The van der Waals surface area contributed by atoms with E-state index in [1.165, 1.54) is 11.3 Å². The van der Waals surface area contributed by atoms with Crippen molar-refractivity contribution in [1.29, 1.82) is 0 Å². The zero-order valence-electron chi connectivity index (χ0n) is 15.8. The van der Waals surface area contributed by atoms with Crippen molar-refractivity contribution in [1.82, 2.24) is 5.32 Å². The van der Waals surface area contributed by atoms with Crippen molar-refractivity contribution >= 4 is 28.8 Å². The minimum Gasteiger partial charge on any atom is -0.496 e. The van der Waals surface area contributed by atoms with Crippen LogP contribution in [0.25, 0.3) is 0 Å². The number of amides is 2. The summed E-state index contributed by atoms with van der Waals surface area (Å²) < 4.78 is 5.37. The first-order valence-electron chi connectivity index (χ1n) is 8.93. The summed E-state index contributed by atoms with van der Waals surface area (Å²) in [6, 6.07) is 16.5. The van der Waals surface area contributed by atoms with Crippen LogP contribution in [0.3, 0.4) is 0 Å². The average Bonchev–Trinajstić information content (AvgIpc) is 3.24. The number of nitrogens with one attached hydrogen (secondary N) is 2. The molecule has 3 aromatic rings. The van der Waals surface area contributed by atoms with Crippen molar-refractivity contribution in [3.63, 3.8) is 0 Å². The summed E-state index contributed by atoms with van der Waals surface area (Å²) in [5.41, 5.74) is 3.42. The van der Waals surface area contributed by atoms with Gasteiger partial charge in [0.2, 0.25) is 0 Å². The van der Waals surface area contributed by atoms with E-state index in [4.69, 9.17) is 4.74 Å². The van der Waals surface area contributed by atoms with Crippen LogP contribution in [-0.2, 0) is 6.42 Å². The largest absolute Gasteiger partial charge is 0.496 e. The van der Waals surface area contributed by atoms with Crippen LogP contribution in [0.1, 0.15) is 31.2 Å². The summed E-state index contributed by atoms with van der Waals surface area (Å²) in [5.74, 6) is 0.521. The van der Waals surface area contributed by atoms with E-state index in [0.717, 1.165) is 16.9 Å². The van der Waals surface area contributed by atoms with Crippen LogP contribution < -0.4 is 15.4 Å². The highest BCUT2D eigenvalue weighted by atomic mass is 32.1. The number of ether oxygens (including phenoxy) is 1. The number of hydrogen-bond donors (Lipinski definition) is 2. The second-order valence-corrected chi connectivity index (χ2v) is 7.28. The Kier molecular flexibility index (Phi) is 6.45. The van der Waals surface area contributed by atoms with Gasteiger partial charge in [0.1, 0.15) is 5.75 Å². The Bertz CT molecular complexity index is 950. The Morgan fingerprint density at radius 1 is 1.04 bits per heavy atom. The molecule has 6 heteroatoms. The summed E-state index contributed by atoms with van der Waals surface area (Å²) in [5, 5.41) is 7.60. The van der Waals surface area contributed by atoms with E-state index in [2.05, 4.69) is 16.7 Å². The van der Waals surface area contributed by atoms with Crippen LogP contribution in [0.15, 0.2) is 60.0 Å². The van der Waals surface area contributed by atoms with Gasteiger partial charge in [0.25, 0.3) is 11.8 Å². The third-order valence-corrected chi connectivity index (χ3v) is 5.13. The first-order valence-corrected chi connectivity index (χ1v) is 9.81. The Hall–Kier alpha value is -3.12. The van der Waals surface area contributed by atoms with Crippen LogP contribution in [-0.4, -0.2) is 25.5 Å². The SMILES string of the molecule is COc1ccc(C)cc1CCNC(=O)c1ccc(NC(=O)c2cccs2)cc1. The third kappa shape index (κ3) is 4.98. The van der Waals surface area contributed by atoms with E-state index < -0.39 is 0 Å². The molecule has 5 nitrogen and oxygen atoms in total. The molecular weight excluding hydrogens is 372 g/mol. The molecule has 0 aliphatic carbocycles. The molecule has 2 amide bonds. The fourth-order valence-electron chi connectivity index (χ4n) is 2.82. The fourth-order valence-corrected chi connectivity index (χ4v) is 3.44. The highest BCUT2D eigenvalue weighted by Gasteiger charge is 2.09. The molecule has 0 saturated carbocycles. The molecule has 0 unspecified atom stereocenters. The Morgan fingerprint density at radius 3 is 2.50 bits per heavy atom. The Morgan fingerprint density at radius 2 is 1.82 bits per heavy atom. The highest BCUT2D eigenvalue weighted by Crippen LogP contribution is 2.20. The molecule has 0 aliphatic rings. The van der Waals surface area contributed by atoms with E-state index in [9.17, 15) is 9.59 Å². The minimum absolute atomic E-state index is 0.150. The van der Waals surface area contributed by atoms with Gasteiger partial charge >= 0.3 is 0 Å². The number of anilines is 1. The van der Waals surface area contributed by atoms with Crippen LogP contribution in [0.5, 0.6) is 5.75 Å². The number of hydrogen-bond acceptors (Lipinski definition) is 4. The molecular formula is C22H22N2O3S. The molecule has 28 heavy (non-hydrogen) atoms. The van der Waals surface area contributed by atoms with Gasteiger partial charge in [-0.25, -0.2) is 0 Å². The first-order chi connectivity index (χ1) is 13.6. The monoisotopic (exact) mass is 394 g/mol. The lowest BCUT2D eigenvalue weighted by molar-refractivity contribution is 0.0953. The smallest absolute Gasteiger partial charge is 0.265 e. The number of methoxy groups -OCH3 is 1. The van der Waals surface area contributed by atoms with Gasteiger partial charge in [-0.15, -0.1) is 11.3 Å². The van der Waals surface area contributed by atoms with Crippen molar-refractivity contribution in [2.75, 3.05) is 19.0 Å². The van der Waals surface area contributed by atoms with Gasteiger partial charge in [-0.3, -0.25) is 9.59 Å². The molecule has 0 spiro atoms. The van der Waals surface area contributed by atoms with Crippen molar-refractivity contribution in [2.45, 2.75) is 13.3 Å². The van der Waals surface area contributed by atoms with Crippen molar-refractivity contribution < 1.29 is 14.3 Å². The number of aryl methyl sites for hydroxylation is 1. The minimum atomic E-state index is -0.153. The predicted molar refractivity (Wildman–Crippen MR) is 112 cm³/mol. The van der Waals surface area contributed by atoms with Crippen molar-refractivity contribution in [2.24, 2.45) is 0 Å². The van der Waals surface area contributed by atoms with Gasteiger partial charge in [0.15, 0.2) is 0 Å². The number of thiophene rings is 1. The molecule has 0 bridgehead atoms. The third-order valence-electron chi connectivity index (χ3n) is 4.27. The molecule has 0 atom stereocenters. The van der Waals surface area contributed by atoms with Gasteiger partial charge in [-0.05, 0) is 60.7 Å². The molecule has 0 radical (unpaired) electrons. The number of rotatable bonds is 7. The van der Waals surface area contributed by atoms with Crippen LogP contribution in [0.2, 0.25) is 0 Å². The quantitative estimate of drug-likeness (QED) is 0.628. The molecule has 2 N–H and O–H groups in total. The summed E-state index contributed by atoms with van der Waals surface area (Å²) in [6.07, 6.45) is 0.686. The van der Waals surface area contributed by atoms with Crippen LogP contribution in [0, 0.1) is 6.92 Å².